The molecule has 1 aliphatic rings. The third-order valence-corrected chi connectivity index (χ3v) is 6.18. The number of hydrogen-bond acceptors (Lipinski definition) is 6. The Labute approximate surface area is 160 Å². The summed E-state index contributed by atoms with van der Waals surface area (Å²) in [7, 11) is 0. The number of rotatable bonds is 5. The number of nitrogens with two attached hydrogens (primary N) is 1. The van der Waals surface area contributed by atoms with Crippen LogP contribution in [0, 0.1) is 5.92 Å². The summed E-state index contributed by atoms with van der Waals surface area (Å²) in [5.41, 5.74) is 8.58. The fourth-order valence-electron chi connectivity index (χ4n) is 3.34. The van der Waals surface area contributed by atoms with E-state index >= 15 is 0 Å². The number of likely N-dealkylation sites (tertiary alicyclic amines) is 1. The minimum absolute atomic E-state index is 0.237. The summed E-state index contributed by atoms with van der Waals surface area (Å²) in [6, 6.07) is 7.82. The number of aliphatic hydroxyl groups is 1. The lowest BCUT2D eigenvalue weighted by molar-refractivity contribution is 0.149. The van der Waals surface area contributed by atoms with Crippen LogP contribution in [0.2, 0.25) is 5.02 Å². The van der Waals surface area contributed by atoms with E-state index in [4.69, 9.17) is 17.3 Å². The van der Waals surface area contributed by atoms with Gasteiger partial charge in [-0.3, -0.25) is 4.90 Å². The summed E-state index contributed by atoms with van der Waals surface area (Å²) in [5, 5.41) is 11.2. The lowest BCUT2D eigenvalue weighted by Crippen LogP contribution is -2.21. The maximum atomic E-state index is 10.4. The van der Waals surface area contributed by atoms with Crippen molar-refractivity contribution in [3.8, 4) is 0 Å². The fraction of sp³-hybridized carbons (Fsp3) is 0.333. The topological polar surface area (TPSA) is 91.1 Å². The minimum Gasteiger partial charge on any atom is -0.391 e. The number of nitrogens with one attached hydrogen (secondary N) is 1. The van der Waals surface area contributed by atoms with Crippen LogP contribution in [0.15, 0.2) is 41.7 Å². The zero-order valence-electron chi connectivity index (χ0n) is 14.1. The molecule has 0 amide bonds. The molecule has 4 rings (SSSR count). The van der Waals surface area contributed by atoms with Crippen LogP contribution < -0.4 is 5.73 Å². The van der Waals surface area contributed by atoms with Crippen molar-refractivity contribution in [1.29, 1.82) is 0 Å². The average molecular weight is 390 g/mol. The number of hydrogen-bond donors (Lipinski definition) is 3. The predicted molar refractivity (Wildman–Crippen MR) is 105 cm³/mol. The van der Waals surface area contributed by atoms with Crippen molar-refractivity contribution < 1.29 is 5.11 Å². The van der Waals surface area contributed by atoms with Gasteiger partial charge in [-0.1, -0.05) is 11.6 Å². The number of thioether (sulfide) groups is 1. The average Bonchev–Trinajstić information content (AvgIpc) is 3.19. The highest BCUT2D eigenvalue weighted by atomic mass is 35.5. The molecule has 8 heteroatoms. The first-order chi connectivity index (χ1) is 12.6. The molecular formula is C18H20ClN5OS. The standard InChI is InChI=1S/C18H20ClN5OS/c19-13-1-3-14(4-2-13)26-9-12-7-24(8-15(12)25)6-11-5-21-17-16(11)22-10-23-18(17)20/h1-5,10,12,15,21,25H,6-9H2,(H2,20,22,23)/t12-,15?/m1/s1. The van der Waals surface area contributed by atoms with E-state index in [1.165, 1.54) is 11.2 Å². The van der Waals surface area contributed by atoms with Crippen molar-refractivity contribution in [3.05, 3.63) is 47.4 Å². The quantitative estimate of drug-likeness (QED) is 0.581. The van der Waals surface area contributed by atoms with Crippen molar-refractivity contribution in [3.63, 3.8) is 0 Å². The molecule has 4 N–H and O–H groups in total. The molecule has 1 unspecified atom stereocenters. The molecule has 0 spiro atoms. The Balaban J connectivity index is 1.38. The molecule has 136 valence electrons. The summed E-state index contributed by atoms with van der Waals surface area (Å²) in [6.45, 7) is 2.25. The van der Waals surface area contributed by atoms with Crippen LogP contribution in [-0.4, -0.2) is 49.9 Å². The molecule has 0 radical (unpaired) electrons. The summed E-state index contributed by atoms with van der Waals surface area (Å²) in [6.07, 6.45) is 3.09. The molecule has 1 saturated heterocycles. The molecular weight excluding hydrogens is 370 g/mol. The van der Waals surface area contributed by atoms with Crippen LogP contribution in [0.3, 0.4) is 0 Å². The van der Waals surface area contributed by atoms with Gasteiger partial charge in [-0.25, -0.2) is 9.97 Å². The highest BCUT2D eigenvalue weighted by Crippen LogP contribution is 2.29. The molecule has 1 aromatic carbocycles. The predicted octanol–water partition coefficient (Wildman–Crippen LogP) is 2.78. The van der Waals surface area contributed by atoms with Gasteiger partial charge in [0, 0.05) is 53.0 Å². The van der Waals surface area contributed by atoms with Gasteiger partial charge in [0.2, 0.25) is 0 Å². The lowest BCUT2D eigenvalue weighted by atomic mass is 10.1. The summed E-state index contributed by atoms with van der Waals surface area (Å²) in [5.74, 6) is 1.57. The number of halogens is 1. The molecule has 2 atom stereocenters. The number of β-amino-alcohol motifs (C(OH)–C–C–N with tert-alkyl or cyclic N) is 1. The van der Waals surface area contributed by atoms with Gasteiger partial charge in [0.1, 0.15) is 11.8 Å². The van der Waals surface area contributed by atoms with Gasteiger partial charge in [-0.2, -0.15) is 0 Å². The second-order valence-corrected chi connectivity index (χ2v) is 8.11. The van der Waals surface area contributed by atoms with Crippen LogP contribution in [0.1, 0.15) is 5.56 Å². The van der Waals surface area contributed by atoms with Crippen molar-refractivity contribution in [2.45, 2.75) is 17.5 Å². The van der Waals surface area contributed by atoms with Gasteiger partial charge in [0.05, 0.1) is 11.6 Å². The molecule has 0 saturated carbocycles. The smallest absolute Gasteiger partial charge is 0.151 e. The molecule has 2 aromatic heterocycles. The van der Waals surface area contributed by atoms with E-state index in [1.807, 2.05) is 30.5 Å². The third-order valence-electron chi connectivity index (χ3n) is 4.73. The molecule has 1 fully saturated rings. The molecule has 0 bridgehead atoms. The van der Waals surface area contributed by atoms with Crippen LogP contribution in [0.5, 0.6) is 0 Å². The number of aromatic nitrogens is 3. The number of benzene rings is 1. The highest BCUT2D eigenvalue weighted by molar-refractivity contribution is 7.99. The van der Waals surface area contributed by atoms with Gasteiger partial charge in [0.15, 0.2) is 5.82 Å². The van der Waals surface area contributed by atoms with Crippen molar-refractivity contribution in [1.82, 2.24) is 19.9 Å². The van der Waals surface area contributed by atoms with E-state index in [0.29, 0.717) is 12.4 Å². The van der Waals surface area contributed by atoms with E-state index in [-0.39, 0.29) is 12.0 Å². The number of aromatic amines is 1. The van der Waals surface area contributed by atoms with E-state index < -0.39 is 0 Å². The number of fused-ring (bicyclic) bond motifs is 1. The van der Waals surface area contributed by atoms with E-state index in [9.17, 15) is 5.11 Å². The maximum Gasteiger partial charge on any atom is 0.151 e. The maximum absolute atomic E-state index is 10.4. The van der Waals surface area contributed by atoms with Gasteiger partial charge in [-0.05, 0) is 24.3 Å². The Morgan fingerprint density at radius 2 is 2.08 bits per heavy atom. The second-order valence-electron chi connectivity index (χ2n) is 6.58. The molecule has 3 heterocycles. The largest absolute Gasteiger partial charge is 0.391 e. The first-order valence-electron chi connectivity index (χ1n) is 8.45. The highest BCUT2D eigenvalue weighted by Gasteiger charge is 2.31. The van der Waals surface area contributed by atoms with E-state index in [1.54, 1.807) is 11.8 Å². The number of nitrogen functional groups attached to an aromatic ring is 1. The van der Waals surface area contributed by atoms with Gasteiger partial charge in [-0.15, -0.1) is 11.8 Å². The van der Waals surface area contributed by atoms with Crippen LogP contribution in [-0.2, 0) is 6.54 Å². The Bertz CT molecular complexity index is 900. The lowest BCUT2D eigenvalue weighted by Gasteiger charge is -2.15. The van der Waals surface area contributed by atoms with E-state index in [0.717, 1.165) is 40.5 Å². The van der Waals surface area contributed by atoms with Crippen LogP contribution >= 0.6 is 23.4 Å². The number of aliphatic hydroxyl groups excluding tert-OH is 1. The van der Waals surface area contributed by atoms with Crippen LogP contribution in [0.4, 0.5) is 5.82 Å². The number of nitrogens with zero attached hydrogens (tertiary/aromatic N) is 3. The van der Waals surface area contributed by atoms with Gasteiger partial charge < -0.3 is 15.8 Å². The monoisotopic (exact) mass is 389 g/mol. The normalized spacial score (nSPS) is 20.8. The van der Waals surface area contributed by atoms with Crippen molar-refractivity contribution in [2.24, 2.45) is 5.92 Å². The Hall–Kier alpha value is -1.80. The van der Waals surface area contributed by atoms with Gasteiger partial charge >= 0.3 is 0 Å². The third kappa shape index (κ3) is 3.66. The number of H-pyrrole nitrogens is 1. The Morgan fingerprint density at radius 1 is 1.27 bits per heavy atom. The number of anilines is 1. The fourth-order valence-corrected chi connectivity index (χ4v) is 4.53. The van der Waals surface area contributed by atoms with Crippen molar-refractivity contribution in [2.75, 3.05) is 24.6 Å². The van der Waals surface area contributed by atoms with Crippen molar-refractivity contribution >= 4 is 40.2 Å². The van der Waals surface area contributed by atoms with Crippen LogP contribution in [0.25, 0.3) is 11.0 Å². The molecule has 0 aliphatic carbocycles. The molecule has 6 nitrogen and oxygen atoms in total. The molecule has 3 aromatic rings. The first kappa shape index (κ1) is 17.6. The SMILES string of the molecule is Nc1ncnc2c(CN3CC(O)[C@@H](CSc4ccc(Cl)cc4)C3)c[nH]c12. The zero-order valence-corrected chi connectivity index (χ0v) is 15.7. The summed E-state index contributed by atoms with van der Waals surface area (Å²) < 4.78 is 0. The molecule has 26 heavy (non-hydrogen) atoms. The Kier molecular flexibility index (Phi) is 5.04. The first-order valence-corrected chi connectivity index (χ1v) is 9.81. The van der Waals surface area contributed by atoms with Gasteiger partial charge in [0.25, 0.3) is 0 Å². The molecule has 1 aliphatic heterocycles. The minimum atomic E-state index is -0.320. The summed E-state index contributed by atoms with van der Waals surface area (Å²) in [4.78, 5) is 14.9. The van der Waals surface area contributed by atoms with E-state index in [2.05, 4.69) is 19.9 Å². The Morgan fingerprint density at radius 3 is 2.88 bits per heavy atom. The second kappa shape index (κ2) is 7.44. The zero-order chi connectivity index (χ0) is 18.1. The summed E-state index contributed by atoms with van der Waals surface area (Å²) >= 11 is 7.68.